The second kappa shape index (κ2) is 6.74. The quantitative estimate of drug-likeness (QED) is 0.471. The van der Waals surface area contributed by atoms with Crippen LogP contribution in [0, 0.1) is 6.92 Å². The number of ether oxygens (including phenoxy) is 2. The molecule has 0 saturated carbocycles. The minimum Gasteiger partial charge on any atom is -0.493 e. The van der Waals surface area contributed by atoms with Gasteiger partial charge in [-0.1, -0.05) is 19.6 Å². The fourth-order valence-electron chi connectivity index (χ4n) is 2.81. The number of hydrogen-bond acceptors (Lipinski definition) is 5. The second-order valence-electron chi connectivity index (χ2n) is 7.02. The van der Waals surface area contributed by atoms with E-state index in [-0.39, 0.29) is 19.0 Å². The fraction of sp³-hybridized carbons (Fsp3) is 0.529. The molecule has 0 spiro atoms. The molecule has 0 aromatic heterocycles. The van der Waals surface area contributed by atoms with Gasteiger partial charge in [0.15, 0.2) is 0 Å². The van der Waals surface area contributed by atoms with E-state index in [0.29, 0.717) is 17.9 Å². The Labute approximate surface area is 138 Å². The van der Waals surface area contributed by atoms with Gasteiger partial charge in [0, 0.05) is 38.4 Å². The highest BCUT2D eigenvalue weighted by molar-refractivity contribution is 6.76. The molecule has 0 bridgehead atoms. The lowest BCUT2D eigenvalue weighted by molar-refractivity contribution is -0.107. The first-order valence-electron chi connectivity index (χ1n) is 7.89. The monoisotopic (exact) mass is 335 g/mol. The third-order valence-electron chi connectivity index (χ3n) is 4.12. The zero-order valence-corrected chi connectivity index (χ0v) is 15.5. The first-order chi connectivity index (χ1) is 10.8. The Balaban J connectivity index is 2.50. The highest BCUT2D eigenvalue weighted by Crippen LogP contribution is 2.41. The van der Waals surface area contributed by atoms with Gasteiger partial charge in [-0.05, 0) is 18.5 Å². The van der Waals surface area contributed by atoms with Crippen LogP contribution in [0.25, 0.3) is 0 Å². The first kappa shape index (κ1) is 17.5. The van der Waals surface area contributed by atoms with Gasteiger partial charge in [0.25, 0.3) is 0 Å². The molecule has 126 valence electrons. The number of rotatable bonds is 7. The van der Waals surface area contributed by atoms with Crippen molar-refractivity contribution in [3.8, 4) is 5.75 Å². The van der Waals surface area contributed by atoms with Crippen LogP contribution in [0.1, 0.15) is 27.0 Å². The molecular weight excluding hydrogens is 310 g/mol. The van der Waals surface area contributed by atoms with E-state index in [2.05, 4.69) is 25.0 Å². The molecule has 0 aliphatic carbocycles. The van der Waals surface area contributed by atoms with Crippen LogP contribution in [0.2, 0.25) is 25.7 Å². The molecule has 5 nitrogen and oxygen atoms in total. The summed E-state index contributed by atoms with van der Waals surface area (Å²) in [6, 6.07) is 0.986. The van der Waals surface area contributed by atoms with Crippen molar-refractivity contribution in [2.75, 3.05) is 19.0 Å². The SMILES string of the molecule is CNc1c(C)c2c(c(OCC[Si](C)(C)C)c1CC=O)C(=O)OC2. The van der Waals surface area contributed by atoms with Crippen molar-refractivity contribution in [3.63, 3.8) is 0 Å². The van der Waals surface area contributed by atoms with E-state index >= 15 is 0 Å². The van der Waals surface area contributed by atoms with Gasteiger partial charge in [-0.2, -0.15) is 0 Å². The van der Waals surface area contributed by atoms with Crippen LogP contribution >= 0.6 is 0 Å². The lowest BCUT2D eigenvalue weighted by Crippen LogP contribution is -2.23. The minimum atomic E-state index is -1.25. The molecule has 0 radical (unpaired) electrons. The molecule has 6 heteroatoms. The van der Waals surface area contributed by atoms with Crippen molar-refractivity contribution in [3.05, 3.63) is 22.3 Å². The average molecular weight is 335 g/mol. The zero-order valence-electron chi connectivity index (χ0n) is 14.5. The third kappa shape index (κ3) is 3.58. The predicted molar refractivity (Wildman–Crippen MR) is 93.3 cm³/mol. The maximum Gasteiger partial charge on any atom is 0.342 e. The van der Waals surface area contributed by atoms with E-state index in [4.69, 9.17) is 9.47 Å². The highest BCUT2D eigenvalue weighted by Gasteiger charge is 2.32. The van der Waals surface area contributed by atoms with Crippen molar-refractivity contribution < 1.29 is 19.1 Å². The molecular formula is C17H25NO4Si. The molecule has 0 saturated heterocycles. The fourth-order valence-corrected chi connectivity index (χ4v) is 3.52. The summed E-state index contributed by atoms with van der Waals surface area (Å²) in [7, 11) is 0.563. The van der Waals surface area contributed by atoms with Crippen molar-refractivity contribution in [2.24, 2.45) is 0 Å². The largest absolute Gasteiger partial charge is 0.493 e. The molecule has 1 N–H and O–H groups in total. The number of aldehydes is 1. The third-order valence-corrected chi connectivity index (χ3v) is 5.82. The number of benzene rings is 1. The van der Waals surface area contributed by atoms with Crippen LogP contribution in [0.15, 0.2) is 0 Å². The summed E-state index contributed by atoms with van der Waals surface area (Å²) in [4.78, 5) is 23.3. The number of fused-ring (bicyclic) bond motifs is 1. The molecule has 1 aromatic carbocycles. The Morgan fingerprint density at radius 1 is 1.35 bits per heavy atom. The highest BCUT2D eigenvalue weighted by atomic mass is 28.3. The van der Waals surface area contributed by atoms with E-state index in [1.54, 1.807) is 0 Å². The van der Waals surface area contributed by atoms with Crippen molar-refractivity contribution in [2.45, 2.75) is 45.6 Å². The van der Waals surface area contributed by atoms with Crippen LogP contribution in [0.3, 0.4) is 0 Å². The number of hydrogen-bond donors (Lipinski definition) is 1. The molecule has 2 rings (SSSR count). The molecule has 0 unspecified atom stereocenters. The molecule has 1 aliphatic rings. The van der Waals surface area contributed by atoms with Gasteiger partial charge in [0.05, 0.1) is 6.61 Å². The van der Waals surface area contributed by atoms with Gasteiger partial charge in [-0.3, -0.25) is 0 Å². The maximum absolute atomic E-state index is 12.2. The summed E-state index contributed by atoms with van der Waals surface area (Å²) in [6.45, 7) is 9.57. The molecule has 1 heterocycles. The molecule has 23 heavy (non-hydrogen) atoms. The average Bonchev–Trinajstić information content (AvgIpc) is 2.84. The summed E-state index contributed by atoms with van der Waals surface area (Å²) in [5.41, 5.74) is 3.90. The summed E-state index contributed by atoms with van der Waals surface area (Å²) in [5, 5.41) is 3.14. The number of esters is 1. The standard InChI is InChI=1S/C17H25NO4Si/c1-11-13-10-22-17(20)14(13)16(21-8-9-23(3,4)5)12(6-7-19)15(11)18-2/h7,18H,6,8-10H2,1-5H3. The Morgan fingerprint density at radius 3 is 2.61 bits per heavy atom. The molecule has 0 amide bonds. The number of nitrogens with one attached hydrogen (secondary N) is 1. The predicted octanol–water partition coefficient (Wildman–Crippen LogP) is 3.17. The van der Waals surface area contributed by atoms with Gasteiger partial charge in [-0.25, -0.2) is 4.79 Å². The van der Waals surface area contributed by atoms with E-state index in [1.807, 2.05) is 14.0 Å². The van der Waals surface area contributed by atoms with E-state index in [1.165, 1.54) is 0 Å². The lowest BCUT2D eigenvalue weighted by atomic mass is 9.94. The summed E-state index contributed by atoms with van der Waals surface area (Å²) >= 11 is 0. The van der Waals surface area contributed by atoms with Gasteiger partial charge in [0.1, 0.15) is 24.2 Å². The van der Waals surface area contributed by atoms with Crippen LogP contribution in [0.4, 0.5) is 5.69 Å². The number of carbonyl (C=O) groups is 2. The van der Waals surface area contributed by atoms with Gasteiger partial charge in [0.2, 0.25) is 0 Å². The molecule has 1 aromatic rings. The van der Waals surface area contributed by atoms with Crippen molar-refractivity contribution in [1.82, 2.24) is 0 Å². The van der Waals surface area contributed by atoms with E-state index in [9.17, 15) is 9.59 Å². The minimum absolute atomic E-state index is 0.208. The van der Waals surface area contributed by atoms with Gasteiger partial charge < -0.3 is 19.6 Å². The van der Waals surface area contributed by atoms with Crippen molar-refractivity contribution >= 4 is 26.0 Å². The molecule has 1 aliphatic heterocycles. The van der Waals surface area contributed by atoms with Crippen LogP contribution in [0.5, 0.6) is 5.75 Å². The number of anilines is 1. The van der Waals surface area contributed by atoms with Crippen molar-refractivity contribution in [1.29, 1.82) is 0 Å². The molecule has 0 fully saturated rings. The molecule has 0 atom stereocenters. The Hall–Kier alpha value is -1.82. The topological polar surface area (TPSA) is 64.6 Å². The Kier molecular flexibility index (Phi) is 5.14. The Morgan fingerprint density at radius 2 is 2.04 bits per heavy atom. The lowest BCUT2D eigenvalue weighted by Gasteiger charge is -2.21. The zero-order chi connectivity index (χ0) is 17.2. The summed E-state index contributed by atoms with van der Waals surface area (Å²) < 4.78 is 11.2. The van der Waals surface area contributed by atoms with Crippen LogP contribution in [-0.4, -0.2) is 34.0 Å². The van der Waals surface area contributed by atoms with E-state index < -0.39 is 8.07 Å². The van der Waals surface area contributed by atoms with E-state index in [0.717, 1.165) is 34.7 Å². The summed E-state index contributed by atoms with van der Waals surface area (Å²) in [6.07, 6.45) is 1.05. The van der Waals surface area contributed by atoms with Crippen LogP contribution in [-0.2, 0) is 22.6 Å². The second-order valence-corrected chi connectivity index (χ2v) is 12.6. The Bertz CT molecular complexity index is 635. The number of cyclic esters (lactones) is 1. The maximum atomic E-state index is 12.2. The van der Waals surface area contributed by atoms with Gasteiger partial charge >= 0.3 is 5.97 Å². The van der Waals surface area contributed by atoms with Gasteiger partial charge in [-0.15, -0.1) is 0 Å². The first-order valence-corrected chi connectivity index (χ1v) is 11.6. The number of carbonyl (C=O) groups excluding carboxylic acids is 2. The van der Waals surface area contributed by atoms with Crippen LogP contribution < -0.4 is 10.1 Å². The normalized spacial score (nSPS) is 13.5. The smallest absolute Gasteiger partial charge is 0.342 e. The summed E-state index contributed by atoms with van der Waals surface area (Å²) in [5.74, 6) is 0.156.